The van der Waals surface area contributed by atoms with Crippen LogP contribution in [0.3, 0.4) is 0 Å². The highest BCUT2D eigenvalue weighted by Gasteiger charge is 2.19. The summed E-state index contributed by atoms with van der Waals surface area (Å²) in [7, 11) is 0. The lowest BCUT2D eigenvalue weighted by molar-refractivity contribution is -0.120. The van der Waals surface area contributed by atoms with Crippen LogP contribution in [0.5, 0.6) is 0 Å². The first-order valence-electron chi connectivity index (χ1n) is 8.02. The van der Waals surface area contributed by atoms with E-state index in [2.05, 4.69) is 44.9 Å². The van der Waals surface area contributed by atoms with Crippen LogP contribution in [0.25, 0.3) is 0 Å². The molecule has 0 radical (unpaired) electrons. The van der Waals surface area contributed by atoms with E-state index in [0.717, 1.165) is 37.6 Å². The van der Waals surface area contributed by atoms with Gasteiger partial charge in [0.05, 0.1) is 36.7 Å². The molecule has 1 amide bonds. The Morgan fingerprint density at radius 2 is 2.22 bits per heavy atom. The maximum absolute atomic E-state index is 11.4. The first-order valence-corrected chi connectivity index (χ1v) is 8.84. The molecule has 0 saturated carbocycles. The molecule has 0 fully saturated rings. The van der Waals surface area contributed by atoms with Gasteiger partial charge in [-0.2, -0.15) is 5.10 Å². The highest BCUT2D eigenvalue weighted by molar-refractivity contribution is 7.11. The molecule has 0 saturated heterocycles. The maximum Gasteiger partial charge on any atom is 0.220 e. The molecule has 0 unspecified atom stereocenters. The number of amides is 1. The fourth-order valence-corrected chi connectivity index (χ4v) is 3.69. The van der Waals surface area contributed by atoms with Crippen molar-refractivity contribution in [3.63, 3.8) is 0 Å². The van der Waals surface area contributed by atoms with Crippen molar-refractivity contribution in [3.8, 4) is 0 Å². The Morgan fingerprint density at radius 3 is 2.91 bits per heavy atom. The van der Waals surface area contributed by atoms with E-state index < -0.39 is 0 Å². The zero-order valence-corrected chi connectivity index (χ0v) is 14.7. The minimum atomic E-state index is 0.0621. The van der Waals surface area contributed by atoms with E-state index in [1.165, 1.54) is 15.6 Å². The van der Waals surface area contributed by atoms with Gasteiger partial charge >= 0.3 is 0 Å². The third kappa shape index (κ3) is 3.79. The van der Waals surface area contributed by atoms with Crippen LogP contribution in [-0.2, 0) is 31.0 Å². The molecule has 2 aromatic heterocycles. The summed E-state index contributed by atoms with van der Waals surface area (Å²) in [6, 6.07) is 2.10. The average molecular weight is 333 g/mol. The molecule has 1 N–H and O–H groups in total. The number of aryl methyl sites for hydroxylation is 2. The van der Waals surface area contributed by atoms with Crippen molar-refractivity contribution in [3.05, 3.63) is 33.0 Å². The molecule has 0 aromatic carbocycles. The number of thiazole rings is 1. The second-order valence-corrected chi connectivity index (χ2v) is 7.23. The molecule has 3 rings (SSSR count). The number of nitrogens with one attached hydrogen (secondary N) is 1. The van der Waals surface area contributed by atoms with Gasteiger partial charge in [0.25, 0.3) is 0 Å². The first kappa shape index (κ1) is 16.1. The van der Waals surface area contributed by atoms with E-state index in [1.54, 1.807) is 11.3 Å². The van der Waals surface area contributed by atoms with Crippen LogP contribution in [0.15, 0.2) is 6.07 Å². The van der Waals surface area contributed by atoms with Gasteiger partial charge < -0.3 is 5.32 Å². The quantitative estimate of drug-likeness (QED) is 0.909. The number of hydrogen-bond donors (Lipinski definition) is 1. The second kappa shape index (κ2) is 6.80. The topological polar surface area (TPSA) is 63.1 Å². The number of nitrogens with zero attached hydrogens (tertiary/aromatic N) is 4. The largest absolute Gasteiger partial charge is 0.350 e. The smallest absolute Gasteiger partial charge is 0.220 e. The van der Waals surface area contributed by atoms with E-state index in [9.17, 15) is 4.79 Å². The third-order valence-corrected chi connectivity index (χ3v) is 5.20. The van der Waals surface area contributed by atoms with Crippen LogP contribution in [0.2, 0.25) is 0 Å². The summed E-state index contributed by atoms with van der Waals surface area (Å²) in [6.45, 7) is 10.2. The molecule has 124 valence electrons. The van der Waals surface area contributed by atoms with E-state index in [1.807, 2.05) is 6.92 Å². The van der Waals surface area contributed by atoms with E-state index >= 15 is 0 Å². The minimum absolute atomic E-state index is 0.0621. The summed E-state index contributed by atoms with van der Waals surface area (Å²) in [6.07, 6.45) is 0.508. The van der Waals surface area contributed by atoms with Gasteiger partial charge in [-0.05, 0) is 19.9 Å². The summed E-state index contributed by atoms with van der Waals surface area (Å²) >= 11 is 1.79. The van der Waals surface area contributed by atoms with E-state index in [4.69, 9.17) is 0 Å². The van der Waals surface area contributed by atoms with Crippen LogP contribution in [0.4, 0.5) is 0 Å². The first-order chi connectivity index (χ1) is 11.0. The Balaban J connectivity index is 1.61. The van der Waals surface area contributed by atoms with Crippen molar-refractivity contribution < 1.29 is 4.79 Å². The molecule has 23 heavy (non-hydrogen) atoms. The summed E-state index contributed by atoms with van der Waals surface area (Å²) in [5.74, 6) is 0.0621. The van der Waals surface area contributed by atoms with Crippen LogP contribution in [-0.4, -0.2) is 32.1 Å². The zero-order chi connectivity index (χ0) is 16.4. The molecular weight excluding hydrogens is 310 g/mol. The number of aromatic nitrogens is 3. The molecule has 0 bridgehead atoms. The van der Waals surface area contributed by atoms with Crippen molar-refractivity contribution in [2.45, 2.75) is 53.4 Å². The normalized spacial score (nSPS) is 14.7. The predicted octanol–water partition coefficient (Wildman–Crippen LogP) is 2.00. The zero-order valence-electron chi connectivity index (χ0n) is 13.9. The number of fused-ring (bicyclic) bond motifs is 1. The molecule has 1 aliphatic heterocycles. The second-order valence-electron chi connectivity index (χ2n) is 5.94. The third-order valence-electron chi connectivity index (χ3n) is 4.15. The molecule has 1 aliphatic rings. The standard InChI is InChI=1S/C16H23N5OS/c1-4-15(22)17-8-13-7-14-9-20(5-6-21(14)19-13)10-16-18-11(2)12(3)23-16/h7H,4-6,8-10H2,1-3H3,(H,17,22). The van der Waals surface area contributed by atoms with Crippen molar-refractivity contribution in [2.75, 3.05) is 6.54 Å². The monoisotopic (exact) mass is 333 g/mol. The Labute approximate surface area is 140 Å². The number of hydrogen-bond acceptors (Lipinski definition) is 5. The molecular formula is C16H23N5OS. The summed E-state index contributed by atoms with van der Waals surface area (Å²) in [5, 5.41) is 8.64. The fraction of sp³-hybridized carbons (Fsp3) is 0.562. The molecule has 7 heteroatoms. The predicted molar refractivity (Wildman–Crippen MR) is 90.1 cm³/mol. The van der Waals surface area contributed by atoms with E-state index in [0.29, 0.717) is 13.0 Å². The molecule has 0 atom stereocenters. The molecule has 0 aliphatic carbocycles. The summed E-state index contributed by atoms with van der Waals surface area (Å²) < 4.78 is 2.06. The summed E-state index contributed by atoms with van der Waals surface area (Å²) in [5.41, 5.74) is 3.28. The SMILES string of the molecule is CCC(=O)NCc1cc2n(n1)CCN(Cc1nc(C)c(C)s1)C2. The average Bonchev–Trinajstić information content (AvgIpc) is 3.07. The fourth-order valence-electron chi connectivity index (χ4n) is 2.71. The molecule has 0 spiro atoms. The van der Waals surface area contributed by atoms with Crippen molar-refractivity contribution in [1.29, 1.82) is 0 Å². The lowest BCUT2D eigenvalue weighted by Gasteiger charge is -2.26. The van der Waals surface area contributed by atoms with Gasteiger partial charge in [-0.25, -0.2) is 4.98 Å². The van der Waals surface area contributed by atoms with Crippen LogP contribution in [0.1, 0.15) is 40.3 Å². The number of carbonyl (C=O) groups excluding carboxylic acids is 1. The Bertz CT molecular complexity index is 686. The van der Waals surface area contributed by atoms with Crippen molar-refractivity contribution in [2.24, 2.45) is 0 Å². The van der Waals surface area contributed by atoms with Gasteiger partial charge in [-0.1, -0.05) is 6.92 Å². The Morgan fingerprint density at radius 1 is 1.39 bits per heavy atom. The highest BCUT2D eigenvalue weighted by atomic mass is 32.1. The summed E-state index contributed by atoms with van der Waals surface area (Å²) in [4.78, 5) is 19.7. The number of carbonyl (C=O) groups is 1. The lowest BCUT2D eigenvalue weighted by atomic mass is 10.2. The van der Waals surface area contributed by atoms with Crippen LogP contribution >= 0.6 is 11.3 Å². The van der Waals surface area contributed by atoms with Gasteiger partial charge in [0.15, 0.2) is 0 Å². The Hall–Kier alpha value is -1.73. The maximum atomic E-state index is 11.4. The van der Waals surface area contributed by atoms with Gasteiger partial charge in [-0.15, -0.1) is 11.3 Å². The molecule has 2 aromatic rings. The van der Waals surface area contributed by atoms with Gasteiger partial charge in [0.1, 0.15) is 5.01 Å². The molecule has 3 heterocycles. The van der Waals surface area contributed by atoms with Crippen molar-refractivity contribution in [1.82, 2.24) is 25.0 Å². The van der Waals surface area contributed by atoms with Crippen LogP contribution < -0.4 is 5.32 Å². The van der Waals surface area contributed by atoms with Crippen molar-refractivity contribution >= 4 is 17.2 Å². The van der Waals surface area contributed by atoms with Gasteiger partial charge in [0.2, 0.25) is 5.91 Å². The van der Waals surface area contributed by atoms with Gasteiger partial charge in [-0.3, -0.25) is 14.4 Å². The van der Waals surface area contributed by atoms with Crippen LogP contribution in [0, 0.1) is 13.8 Å². The van der Waals surface area contributed by atoms with Gasteiger partial charge in [0, 0.05) is 24.4 Å². The molecule has 6 nitrogen and oxygen atoms in total. The lowest BCUT2D eigenvalue weighted by Crippen LogP contribution is -2.33. The van der Waals surface area contributed by atoms with E-state index in [-0.39, 0.29) is 5.91 Å². The minimum Gasteiger partial charge on any atom is -0.350 e. The Kier molecular flexibility index (Phi) is 4.77. The number of rotatable bonds is 5. The highest BCUT2D eigenvalue weighted by Crippen LogP contribution is 2.21.